The first-order valence-electron chi connectivity index (χ1n) is 12.9. The van der Waals surface area contributed by atoms with E-state index in [2.05, 4.69) is 5.32 Å². The summed E-state index contributed by atoms with van der Waals surface area (Å²) < 4.78 is 26.6. The zero-order valence-corrected chi connectivity index (χ0v) is 23.7. The Morgan fingerprint density at radius 1 is 1.08 bits per heavy atom. The minimum atomic E-state index is -3.55. The Hall–Kier alpha value is -2.58. The van der Waals surface area contributed by atoms with Crippen LogP contribution in [0.4, 0.5) is 5.69 Å². The second kappa shape index (κ2) is 12.8. The molecule has 1 aliphatic carbocycles. The van der Waals surface area contributed by atoms with Gasteiger partial charge in [0.25, 0.3) is 0 Å². The SMILES string of the molecule is Cc1cccc(N(CCCC(=O)N(Cc2ccccc2Cl)[C@@H](C)C(=O)NC2CCCC2)S(C)(=O)=O)c1C. The predicted molar refractivity (Wildman–Crippen MR) is 149 cm³/mol. The molecule has 2 amide bonds. The maximum atomic E-state index is 13.5. The third-order valence-corrected chi connectivity index (χ3v) is 8.71. The second-order valence-corrected chi connectivity index (χ2v) is 12.3. The number of aryl methyl sites for hydroxylation is 1. The van der Waals surface area contributed by atoms with Crippen molar-refractivity contribution in [2.45, 2.75) is 77.9 Å². The van der Waals surface area contributed by atoms with Crippen LogP contribution in [0.3, 0.4) is 0 Å². The molecule has 0 radical (unpaired) electrons. The monoisotopic (exact) mass is 547 g/mol. The van der Waals surface area contributed by atoms with Crippen LogP contribution in [0.15, 0.2) is 42.5 Å². The number of benzene rings is 2. The van der Waals surface area contributed by atoms with E-state index in [0.29, 0.717) is 17.1 Å². The van der Waals surface area contributed by atoms with E-state index in [1.54, 1.807) is 24.0 Å². The maximum absolute atomic E-state index is 13.5. The van der Waals surface area contributed by atoms with Gasteiger partial charge >= 0.3 is 0 Å². The molecule has 37 heavy (non-hydrogen) atoms. The van der Waals surface area contributed by atoms with Crippen LogP contribution in [0.2, 0.25) is 5.02 Å². The fraction of sp³-hybridized carbons (Fsp3) is 0.500. The molecule has 1 fully saturated rings. The summed E-state index contributed by atoms with van der Waals surface area (Å²) in [4.78, 5) is 28.1. The third-order valence-electron chi connectivity index (χ3n) is 7.16. The van der Waals surface area contributed by atoms with Gasteiger partial charge in [-0.05, 0) is 68.9 Å². The lowest BCUT2D eigenvalue weighted by atomic mass is 10.1. The van der Waals surface area contributed by atoms with Gasteiger partial charge < -0.3 is 10.2 Å². The van der Waals surface area contributed by atoms with Crippen LogP contribution in [-0.4, -0.2) is 50.0 Å². The lowest BCUT2D eigenvalue weighted by molar-refractivity contribution is -0.140. The van der Waals surface area contributed by atoms with E-state index in [9.17, 15) is 18.0 Å². The van der Waals surface area contributed by atoms with Gasteiger partial charge in [-0.3, -0.25) is 13.9 Å². The van der Waals surface area contributed by atoms with Crippen LogP contribution in [0.5, 0.6) is 0 Å². The molecular formula is C28H38ClN3O4S. The average Bonchev–Trinajstić information content (AvgIpc) is 3.35. The molecule has 1 saturated carbocycles. The second-order valence-electron chi connectivity index (χ2n) is 9.94. The molecule has 0 saturated heterocycles. The van der Waals surface area contributed by atoms with Crippen molar-refractivity contribution in [1.29, 1.82) is 0 Å². The Labute approximate surface area is 226 Å². The Kier molecular flexibility index (Phi) is 10.0. The Morgan fingerprint density at radius 2 is 1.76 bits per heavy atom. The number of nitrogens with one attached hydrogen (secondary N) is 1. The van der Waals surface area contributed by atoms with E-state index in [0.717, 1.165) is 42.4 Å². The molecule has 1 N–H and O–H groups in total. The number of hydrogen-bond acceptors (Lipinski definition) is 4. The van der Waals surface area contributed by atoms with E-state index in [-0.39, 0.29) is 37.4 Å². The summed E-state index contributed by atoms with van der Waals surface area (Å²) in [5.41, 5.74) is 3.26. The average molecular weight is 548 g/mol. The normalized spacial score (nSPS) is 14.8. The van der Waals surface area contributed by atoms with Crippen LogP contribution >= 0.6 is 11.6 Å². The number of nitrogens with zero attached hydrogens (tertiary/aromatic N) is 2. The van der Waals surface area contributed by atoms with Crippen molar-refractivity contribution in [3.63, 3.8) is 0 Å². The number of anilines is 1. The number of halogens is 1. The van der Waals surface area contributed by atoms with E-state index in [1.807, 2.05) is 44.2 Å². The smallest absolute Gasteiger partial charge is 0.242 e. The number of amides is 2. The largest absolute Gasteiger partial charge is 0.352 e. The van der Waals surface area contributed by atoms with Gasteiger partial charge in [0, 0.05) is 30.6 Å². The topological polar surface area (TPSA) is 86.8 Å². The fourth-order valence-electron chi connectivity index (χ4n) is 4.77. The minimum absolute atomic E-state index is 0.0996. The van der Waals surface area contributed by atoms with Crippen LogP contribution < -0.4 is 9.62 Å². The lowest BCUT2D eigenvalue weighted by Gasteiger charge is -2.30. The molecule has 0 bridgehead atoms. The van der Waals surface area contributed by atoms with Crippen molar-refractivity contribution in [2.75, 3.05) is 17.1 Å². The molecule has 0 aromatic heterocycles. The quantitative estimate of drug-likeness (QED) is 0.430. The molecule has 9 heteroatoms. The van der Waals surface area contributed by atoms with Crippen molar-refractivity contribution >= 4 is 39.1 Å². The third kappa shape index (κ3) is 7.71. The molecule has 0 heterocycles. The Morgan fingerprint density at radius 3 is 2.41 bits per heavy atom. The number of rotatable bonds is 11. The molecule has 1 aliphatic rings. The zero-order valence-electron chi connectivity index (χ0n) is 22.2. The molecular weight excluding hydrogens is 510 g/mol. The maximum Gasteiger partial charge on any atom is 0.242 e. The highest BCUT2D eigenvalue weighted by Crippen LogP contribution is 2.26. The standard InChI is InChI=1S/C28H38ClN3O4S/c1-20-11-9-16-26(21(20)2)32(37(4,35)36)18-10-17-27(33)31(19-23-12-5-8-15-25(23)29)22(3)28(34)30-24-13-6-7-14-24/h5,8-9,11-12,15-16,22,24H,6-7,10,13-14,17-19H2,1-4H3,(H,30,34)/t22-/m0/s1. The summed E-state index contributed by atoms with van der Waals surface area (Å²) >= 11 is 6.37. The highest BCUT2D eigenvalue weighted by atomic mass is 35.5. The number of hydrogen-bond donors (Lipinski definition) is 1. The van der Waals surface area contributed by atoms with E-state index >= 15 is 0 Å². The van der Waals surface area contributed by atoms with Gasteiger partial charge in [0.1, 0.15) is 6.04 Å². The number of sulfonamides is 1. The predicted octanol–water partition coefficient (Wildman–Crippen LogP) is 4.98. The van der Waals surface area contributed by atoms with Gasteiger partial charge in [0.15, 0.2) is 0 Å². The summed E-state index contributed by atoms with van der Waals surface area (Å²) in [6, 6.07) is 12.3. The van der Waals surface area contributed by atoms with E-state index < -0.39 is 16.1 Å². The van der Waals surface area contributed by atoms with Gasteiger partial charge in [-0.2, -0.15) is 0 Å². The Bertz CT molecular complexity index is 1210. The summed E-state index contributed by atoms with van der Waals surface area (Å²) in [6.45, 7) is 5.93. The van der Waals surface area contributed by atoms with Crippen LogP contribution in [0.1, 0.15) is 62.1 Å². The first kappa shape index (κ1) is 29.0. The molecule has 1 atom stereocenters. The van der Waals surface area contributed by atoms with Crippen molar-refractivity contribution in [3.05, 3.63) is 64.2 Å². The van der Waals surface area contributed by atoms with Gasteiger partial charge in [0.2, 0.25) is 21.8 Å². The molecule has 2 aromatic carbocycles. The summed E-state index contributed by atoms with van der Waals surface area (Å²) in [5.74, 6) is -0.399. The molecule has 0 spiro atoms. The van der Waals surface area contributed by atoms with Crippen molar-refractivity contribution in [1.82, 2.24) is 10.2 Å². The molecule has 202 valence electrons. The zero-order chi connectivity index (χ0) is 27.2. The van der Waals surface area contributed by atoms with Crippen molar-refractivity contribution < 1.29 is 18.0 Å². The number of carbonyl (C=O) groups excluding carboxylic acids is 2. The highest BCUT2D eigenvalue weighted by molar-refractivity contribution is 7.92. The molecule has 3 rings (SSSR count). The molecule has 0 unspecified atom stereocenters. The minimum Gasteiger partial charge on any atom is -0.352 e. The first-order chi connectivity index (χ1) is 17.5. The van der Waals surface area contributed by atoms with Gasteiger partial charge in [-0.1, -0.05) is 54.8 Å². The Balaban J connectivity index is 1.75. The van der Waals surface area contributed by atoms with Crippen LogP contribution in [0, 0.1) is 13.8 Å². The molecule has 7 nitrogen and oxygen atoms in total. The summed E-state index contributed by atoms with van der Waals surface area (Å²) in [5, 5.41) is 3.62. The van der Waals surface area contributed by atoms with E-state index in [4.69, 9.17) is 11.6 Å². The summed E-state index contributed by atoms with van der Waals surface area (Å²) in [7, 11) is -3.55. The van der Waals surface area contributed by atoms with Crippen LogP contribution in [0.25, 0.3) is 0 Å². The van der Waals surface area contributed by atoms with Crippen molar-refractivity contribution in [3.8, 4) is 0 Å². The fourth-order valence-corrected chi connectivity index (χ4v) is 5.98. The lowest BCUT2D eigenvalue weighted by Crippen LogP contribution is -2.49. The first-order valence-corrected chi connectivity index (χ1v) is 15.1. The highest BCUT2D eigenvalue weighted by Gasteiger charge is 2.29. The molecule has 2 aromatic rings. The van der Waals surface area contributed by atoms with Gasteiger partial charge in [-0.25, -0.2) is 8.42 Å². The summed E-state index contributed by atoms with van der Waals surface area (Å²) in [6.07, 6.45) is 5.69. The number of carbonyl (C=O) groups is 2. The van der Waals surface area contributed by atoms with Crippen molar-refractivity contribution in [2.24, 2.45) is 0 Å². The van der Waals surface area contributed by atoms with Gasteiger partial charge in [-0.15, -0.1) is 0 Å². The molecule has 0 aliphatic heterocycles. The van der Waals surface area contributed by atoms with E-state index in [1.165, 1.54) is 10.6 Å². The van der Waals surface area contributed by atoms with Gasteiger partial charge in [0.05, 0.1) is 11.9 Å². The van der Waals surface area contributed by atoms with Crippen LogP contribution in [-0.2, 0) is 26.2 Å².